The van der Waals surface area contributed by atoms with E-state index in [4.69, 9.17) is 0 Å². The van der Waals surface area contributed by atoms with Gasteiger partial charge in [0.2, 0.25) is 0 Å². The second-order valence-corrected chi connectivity index (χ2v) is 6.55. The van der Waals surface area contributed by atoms with Crippen molar-refractivity contribution in [2.45, 2.75) is 13.5 Å². The smallest absolute Gasteiger partial charge is 0.269 e. The normalized spacial score (nSPS) is 10.3. The standard InChI is InChI=1S/C13H11BrN2O3S/c1-8-5-11(20-12(8)14)13(17)15-7-9-3-2-4-10(6-9)16(18)19/h2-6H,7H2,1H3,(H,15,17). The quantitative estimate of drug-likeness (QED) is 0.672. The third-order valence-corrected chi connectivity index (χ3v) is 4.79. The summed E-state index contributed by atoms with van der Waals surface area (Å²) in [7, 11) is 0. The highest BCUT2D eigenvalue weighted by Crippen LogP contribution is 2.27. The molecule has 104 valence electrons. The Balaban J connectivity index is 2.03. The Morgan fingerprint density at radius 3 is 2.80 bits per heavy atom. The van der Waals surface area contributed by atoms with E-state index >= 15 is 0 Å². The summed E-state index contributed by atoms with van der Waals surface area (Å²) in [6.07, 6.45) is 0. The van der Waals surface area contributed by atoms with Crippen LogP contribution < -0.4 is 5.32 Å². The summed E-state index contributed by atoms with van der Waals surface area (Å²) >= 11 is 4.73. The van der Waals surface area contributed by atoms with Crippen LogP contribution in [0.3, 0.4) is 0 Å². The molecule has 1 amide bonds. The Morgan fingerprint density at radius 2 is 2.20 bits per heavy atom. The highest BCUT2D eigenvalue weighted by molar-refractivity contribution is 9.11. The van der Waals surface area contributed by atoms with Crippen molar-refractivity contribution in [3.8, 4) is 0 Å². The molecule has 20 heavy (non-hydrogen) atoms. The van der Waals surface area contributed by atoms with Gasteiger partial charge in [-0.15, -0.1) is 11.3 Å². The molecule has 1 aromatic carbocycles. The number of halogens is 1. The van der Waals surface area contributed by atoms with Gasteiger partial charge in [-0.25, -0.2) is 0 Å². The summed E-state index contributed by atoms with van der Waals surface area (Å²) in [6.45, 7) is 2.17. The number of nitrogens with one attached hydrogen (secondary N) is 1. The lowest BCUT2D eigenvalue weighted by atomic mass is 10.2. The van der Waals surface area contributed by atoms with Crippen molar-refractivity contribution in [2.24, 2.45) is 0 Å². The van der Waals surface area contributed by atoms with Crippen LogP contribution in [0, 0.1) is 17.0 Å². The molecule has 0 spiro atoms. The molecule has 1 heterocycles. The first kappa shape index (κ1) is 14.7. The molecular weight excluding hydrogens is 344 g/mol. The van der Waals surface area contributed by atoms with Crippen LogP contribution in [0.25, 0.3) is 0 Å². The second-order valence-electron chi connectivity index (χ2n) is 4.18. The van der Waals surface area contributed by atoms with Crippen molar-refractivity contribution in [3.63, 3.8) is 0 Å². The van der Waals surface area contributed by atoms with E-state index < -0.39 is 4.92 Å². The molecule has 0 unspecified atom stereocenters. The fraction of sp³-hybridized carbons (Fsp3) is 0.154. The average Bonchev–Trinajstić information content (AvgIpc) is 2.76. The molecule has 0 atom stereocenters. The van der Waals surface area contributed by atoms with Gasteiger partial charge in [-0.3, -0.25) is 14.9 Å². The molecular formula is C13H11BrN2O3S. The number of nitro groups is 1. The molecule has 1 N–H and O–H groups in total. The second kappa shape index (κ2) is 6.15. The number of carbonyl (C=O) groups excluding carboxylic acids is 1. The average molecular weight is 355 g/mol. The minimum atomic E-state index is -0.453. The molecule has 0 aliphatic heterocycles. The van der Waals surface area contributed by atoms with Gasteiger partial charge in [-0.1, -0.05) is 12.1 Å². The van der Waals surface area contributed by atoms with Crippen LogP contribution in [0.4, 0.5) is 5.69 Å². The molecule has 0 radical (unpaired) electrons. The molecule has 0 fully saturated rings. The summed E-state index contributed by atoms with van der Waals surface area (Å²) in [6, 6.07) is 8.02. The van der Waals surface area contributed by atoms with Gasteiger partial charge in [0.25, 0.3) is 11.6 Å². The maximum absolute atomic E-state index is 11.9. The van der Waals surface area contributed by atoms with Crippen molar-refractivity contribution >= 4 is 38.9 Å². The number of non-ortho nitro benzene ring substituents is 1. The van der Waals surface area contributed by atoms with Crippen LogP contribution in [-0.4, -0.2) is 10.8 Å². The van der Waals surface area contributed by atoms with Gasteiger partial charge in [0.05, 0.1) is 13.6 Å². The monoisotopic (exact) mass is 354 g/mol. The molecule has 7 heteroatoms. The Hall–Kier alpha value is -1.73. The first-order valence-corrected chi connectivity index (χ1v) is 7.36. The van der Waals surface area contributed by atoms with Crippen LogP contribution in [0.15, 0.2) is 34.1 Å². The van der Waals surface area contributed by atoms with E-state index in [0.717, 1.165) is 9.35 Å². The van der Waals surface area contributed by atoms with Gasteiger partial charge in [-0.05, 0) is 40.0 Å². The van der Waals surface area contributed by atoms with E-state index in [9.17, 15) is 14.9 Å². The molecule has 0 aliphatic rings. The van der Waals surface area contributed by atoms with Gasteiger partial charge >= 0.3 is 0 Å². The Morgan fingerprint density at radius 1 is 1.45 bits per heavy atom. The molecule has 2 aromatic rings. The van der Waals surface area contributed by atoms with Crippen molar-refractivity contribution in [2.75, 3.05) is 0 Å². The zero-order chi connectivity index (χ0) is 14.7. The van der Waals surface area contributed by atoms with E-state index in [1.807, 2.05) is 6.92 Å². The van der Waals surface area contributed by atoms with Gasteiger partial charge in [0.1, 0.15) is 0 Å². The molecule has 0 saturated heterocycles. The number of hydrogen-bond acceptors (Lipinski definition) is 4. The number of benzene rings is 1. The van der Waals surface area contributed by atoms with Crippen LogP contribution in [0.5, 0.6) is 0 Å². The molecule has 2 rings (SSSR count). The van der Waals surface area contributed by atoms with Crippen molar-refractivity contribution in [3.05, 3.63) is 60.2 Å². The lowest BCUT2D eigenvalue weighted by Gasteiger charge is -2.03. The minimum absolute atomic E-state index is 0.0199. The van der Waals surface area contributed by atoms with Crippen molar-refractivity contribution in [1.82, 2.24) is 5.32 Å². The number of nitrogens with zero attached hydrogens (tertiary/aromatic N) is 1. The third-order valence-electron chi connectivity index (χ3n) is 2.66. The number of rotatable bonds is 4. The molecule has 0 aliphatic carbocycles. The largest absolute Gasteiger partial charge is 0.347 e. The maximum atomic E-state index is 11.9. The maximum Gasteiger partial charge on any atom is 0.269 e. The number of amides is 1. The van der Waals surface area contributed by atoms with Gasteiger partial charge in [-0.2, -0.15) is 0 Å². The van der Waals surface area contributed by atoms with E-state index in [-0.39, 0.29) is 18.1 Å². The van der Waals surface area contributed by atoms with Crippen LogP contribution in [0.2, 0.25) is 0 Å². The highest BCUT2D eigenvalue weighted by atomic mass is 79.9. The lowest BCUT2D eigenvalue weighted by Crippen LogP contribution is -2.21. The van der Waals surface area contributed by atoms with E-state index in [1.54, 1.807) is 18.2 Å². The lowest BCUT2D eigenvalue weighted by molar-refractivity contribution is -0.384. The summed E-state index contributed by atoms with van der Waals surface area (Å²) in [5.74, 6) is -0.185. The molecule has 0 bridgehead atoms. The number of hydrogen-bond donors (Lipinski definition) is 1. The molecule has 0 saturated carbocycles. The number of aryl methyl sites for hydroxylation is 1. The van der Waals surface area contributed by atoms with Gasteiger partial charge in [0, 0.05) is 18.7 Å². The Labute approximate surface area is 127 Å². The fourth-order valence-corrected chi connectivity index (χ4v) is 3.07. The Kier molecular flexibility index (Phi) is 4.51. The van der Waals surface area contributed by atoms with E-state index in [0.29, 0.717) is 10.4 Å². The predicted molar refractivity (Wildman–Crippen MR) is 81.0 cm³/mol. The van der Waals surface area contributed by atoms with Gasteiger partial charge in [0.15, 0.2) is 0 Å². The summed E-state index contributed by atoms with van der Waals surface area (Å²) in [5, 5.41) is 13.4. The highest BCUT2D eigenvalue weighted by Gasteiger charge is 2.11. The number of nitro benzene ring substituents is 1. The fourth-order valence-electron chi connectivity index (χ4n) is 1.62. The van der Waals surface area contributed by atoms with Crippen molar-refractivity contribution < 1.29 is 9.72 Å². The number of thiophene rings is 1. The Bertz CT molecular complexity index is 650. The summed E-state index contributed by atoms with van der Waals surface area (Å²) < 4.78 is 0.929. The molecule has 1 aromatic heterocycles. The predicted octanol–water partition coefficient (Wildman–Crippen LogP) is 3.66. The van der Waals surface area contributed by atoms with Crippen LogP contribution in [0.1, 0.15) is 20.8 Å². The summed E-state index contributed by atoms with van der Waals surface area (Å²) in [5.41, 5.74) is 1.72. The number of carbonyl (C=O) groups is 1. The SMILES string of the molecule is Cc1cc(C(=O)NCc2cccc([N+](=O)[O-])c2)sc1Br. The van der Waals surface area contributed by atoms with E-state index in [2.05, 4.69) is 21.2 Å². The topological polar surface area (TPSA) is 72.2 Å². The minimum Gasteiger partial charge on any atom is -0.347 e. The van der Waals surface area contributed by atoms with Crippen LogP contribution in [-0.2, 0) is 6.54 Å². The summed E-state index contributed by atoms with van der Waals surface area (Å²) in [4.78, 5) is 22.8. The van der Waals surface area contributed by atoms with Crippen molar-refractivity contribution in [1.29, 1.82) is 0 Å². The third kappa shape index (κ3) is 3.43. The van der Waals surface area contributed by atoms with E-state index in [1.165, 1.54) is 23.5 Å². The van der Waals surface area contributed by atoms with Crippen LogP contribution >= 0.6 is 27.3 Å². The molecule has 5 nitrogen and oxygen atoms in total. The zero-order valence-electron chi connectivity index (χ0n) is 10.6. The first-order chi connectivity index (χ1) is 9.47. The van der Waals surface area contributed by atoms with Gasteiger partial charge < -0.3 is 5.32 Å². The first-order valence-electron chi connectivity index (χ1n) is 5.75. The zero-order valence-corrected chi connectivity index (χ0v) is 13.0.